The van der Waals surface area contributed by atoms with Gasteiger partial charge in [0.2, 0.25) is 0 Å². The molecule has 0 bridgehead atoms. The molecule has 4 nitrogen and oxygen atoms in total. The molecule has 2 rings (SSSR count). The fraction of sp³-hybridized carbons (Fsp3) is 0.500. The van der Waals surface area contributed by atoms with Crippen LogP contribution in [0.2, 0.25) is 0 Å². The Hall–Kier alpha value is -1.55. The van der Waals surface area contributed by atoms with Crippen molar-refractivity contribution in [3.63, 3.8) is 0 Å². The van der Waals surface area contributed by atoms with Crippen molar-refractivity contribution in [2.24, 2.45) is 0 Å². The van der Waals surface area contributed by atoms with Crippen molar-refractivity contribution < 1.29 is 9.90 Å². The predicted octanol–water partition coefficient (Wildman–Crippen LogP) is 2.22. The Morgan fingerprint density at radius 3 is 2.67 bits per heavy atom. The van der Waals surface area contributed by atoms with Gasteiger partial charge in [-0.1, -0.05) is 18.2 Å². The molecule has 4 heteroatoms. The zero-order valence-electron chi connectivity index (χ0n) is 11.2. The van der Waals surface area contributed by atoms with Crippen molar-refractivity contribution in [3.05, 3.63) is 29.8 Å². The number of benzene rings is 1. The van der Waals surface area contributed by atoms with Gasteiger partial charge in [-0.25, -0.2) is 4.79 Å². The highest BCUT2D eigenvalue weighted by molar-refractivity contribution is 5.94. The third-order valence-electron chi connectivity index (χ3n) is 3.19. The average molecular weight is 248 g/mol. The van der Waals surface area contributed by atoms with Crippen LogP contribution < -0.4 is 4.90 Å². The number of fused-ring (bicyclic) bond motifs is 1. The molecule has 1 aromatic carbocycles. The van der Waals surface area contributed by atoms with Crippen LogP contribution in [0.15, 0.2) is 24.3 Å². The Kier molecular flexibility index (Phi) is 3.30. The van der Waals surface area contributed by atoms with E-state index in [-0.39, 0.29) is 6.03 Å². The van der Waals surface area contributed by atoms with Gasteiger partial charge in [0, 0.05) is 20.1 Å². The number of urea groups is 1. The molecule has 1 heterocycles. The summed E-state index contributed by atoms with van der Waals surface area (Å²) in [6.45, 7) is 4.70. The summed E-state index contributed by atoms with van der Waals surface area (Å²) in [7, 11) is 1.80. The van der Waals surface area contributed by atoms with Gasteiger partial charge in [0.1, 0.15) is 0 Å². The third kappa shape index (κ3) is 2.64. The molecule has 0 unspecified atom stereocenters. The number of aliphatic hydroxyl groups is 1. The number of rotatable bonds is 3. The van der Waals surface area contributed by atoms with Crippen LogP contribution in [0.1, 0.15) is 25.8 Å². The zero-order chi connectivity index (χ0) is 13.3. The quantitative estimate of drug-likeness (QED) is 0.891. The minimum absolute atomic E-state index is 0.00190. The maximum atomic E-state index is 12.2. The van der Waals surface area contributed by atoms with Gasteiger partial charge in [-0.05, 0) is 31.9 Å². The van der Waals surface area contributed by atoms with Crippen LogP contribution in [-0.2, 0) is 6.54 Å². The van der Waals surface area contributed by atoms with E-state index in [2.05, 4.69) is 0 Å². The topological polar surface area (TPSA) is 43.8 Å². The second kappa shape index (κ2) is 4.61. The van der Waals surface area contributed by atoms with Crippen LogP contribution in [0.5, 0.6) is 0 Å². The van der Waals surface area contributed by atoms with Crippen molar-refractivity contribution in [1.29, 1.82) is 0 Å². The molecule has 0 aromatic heterocycles. The molecule has 1 aliphatic rings. The Labute approximate surface area is 108 Å². The van der Waals surface area contributed by atoms with Crippen molar-refractivity contribution in [3.8, 4) is 0 Å². The molecule has 98 valence electrons. The first-order chi connectivity index (χ1) is 8.38. The molecule has 0 radical (unpaired) electrons. The van der Waals surface area contributed by atoms with E-state index in [9.17, 15) is 9.90 Å². The SMILES string of the molecule is CN1Cc2ccccc2N(CCC(C)(C)O)C1=O. The lowest BCUT2D eigenvalue weighted by atomic mass is 10.0. The highest BCUT2D eigenvalue weighted by atomic mass is 16.3. The Morgan fingerprint density at radius 1 is 1.33 bits per heavy atom. The lowest BCUT2D eigenvalue weighted by molar-refractivity contribution is 0.0731. The average Bonchev–Trinajstić information content (AvgIpc) is 2.28. The summed E-state index contributed by atoms with van der Waals surface area (Å²) in [6.07, 6.45) is 0.556. The molecule has 0 saturated carbocycles. The molecular weight excluding hydrogens is 228 g/mol. The summed E-state index contributed by atoms with van der Waals surface area (Å²) < 4.78 is 0. The van der Waals surface area contributed by atoms with Crippen LogP contribution in [0, 0.1) is 0 Å². The van der Waals surface area contributed by atoms with Crippen LogP contribution in [0.3, 0.4) is 0 Å². The van der Waals surface area contributed by atoms with Gasteiger partial charge >= 0.3 is 6.03 Å². The summed E-state index contributed by atoms with van der Waals surface area (Å²) in [5, 5.41) is 9.80. The summed E-state index contributed by atoms with van der Waals surface area (Å²) in [5.41, 5.74) is 1.35. The minimum Gasteiger partial charge on any atom is -0.390 e. The van der Waals surface area contributed by atoms with E-state index in [0.29, 0.717) is 19.5 Å². The lowest BCUT2D eigenvalue weighted by Crippen LogP contribution is -2.46. The van der Waals surface area contributed by atoms with Crippen LogP contribution in [0.4, 0.5) is 10.5 Å². The van der Waals surface area contributed by atoms with Crippen molar-refractivity contribution >= 4 is 11.7 Å². The molecule has 0 aliphatic carbocycles. The second-order valence-electron chi connectivity index (χ2n) is 5.48. The van der Waals surface area contributed by atoms with E-state index >= 15 is 0 Å². The summed E-state index contributed by atoms with van der Waals surface area (Å²) in [5.74, 6) is 0. The van der Waals surface area contributed by atoms with Crippen LogP contribution in [0.25, 0.3) is 0 Å². The Balaban J connectivity index is 2.25. The van der Waals surface area contributed by atoms with Crippen LogP contribution >= 0.6 is 0 Å². The lowest BCUT2D eigenvalue weighted by Gasteiger charge is -2.36. The highest BCUT2D eigenvalue weighted by Gasteiger charge is 2.28. The normalized spacial score (nSPS) is 15.9. The molecular formula is C14H20N2O2. The standard InChI is InChI=1S/C14H20N2O2/c1-14(2,18)8-9-16-12-7-5-4-6-11(12)10-15(3)13(16)17/h4-7,18H,8-10H2,1-3H3. The van der Waals surface area contributed by atoms with E-state index in [0.717, 1.165) is 11.3 Å². The van der Waals surface area contributed by atoms with E-state index in [1.807, 2.05) is 24.3 Å². The number of carbonyl (C=O) groups excluding carboxylic acids is 1. The van der Waals surface area contributed by atoms with Gasteiger partial charge in [-0.15, -0.1) is 0 Å². The van der Waals surface area contributed by atoms with Gasteiger partial charge in [0.05, 0.1) is 11.3 Å². The van der Waals surface area contributed by atoms with Crippen molar-refractivity contribution in [2.45, 2.75) is 32.4 Å². The first-order valence-corrected chi connectivity index (χ1v) is 6.21. The number of hydrogen-bond donors (Lipinski definition) is 1. The molecule has 0 saturated heterocycles. The number of carbonyl (C=O) groups is 1. The molecule has 18 heavy (non-hydrogen) atoms. The van der Waals surface area contributed by atoms with Crippen LogP contribution in [-0.4, -0.2) is 35.2 Å². The molecule has 2 amide bonds. The van der Waals surface area contributed by atoms with E-state index in [1.165, 1.54) is 0 Å². The number of nitrogens with zero attached hydrogens (tertiary/aromatic N) is 2. The molecule has 0 atom stereocenters. The molecule has 1 N–H and O–H groups in total. The number of hydrogen-bond acceptors (Lipinski definition) is 2. The fourth-order valence-electron chi connectivity index (χ4n) is 2.14. The van der Waals surface area contributed by atoms with Crippen molar-refractivity contribution in [1.82, 2.24) is 4.90 Å². The molecule has 0 fully saturated rings. The zero-order valence-corrected chi connectivity index (χ0v) is 11.2. The van der Waals surface area contributed by atoms with E-state index in [4.69, 9.17) is 0 Å². The summed E-state index contributed by atoms with van der Waals surface area (Å²) in [4.78, 5) is 15.6. The highest BCUT2D eigenvalue weighted by Crippen LogP contribution is 2.28. The minimum atomic E-state index is -0.759. The smallest absolute Gasteiger partial charge is 0.324 e. The van der Waals surface area contributed by atoms with Crippen molar-refractivity contribution in [2.75, 3.05) is 18.5 Å². The summed E-state index contributed by atoms with van der Waals surface area (Å²) >= 11 is 0. The molecule has 1 aliphatic heterocycles. The second-order valence-corrected chi connectivity index (χ2v) is 5.48. The molecule has 0 spiro atoms. The predicted molar refractivity (Wildman–Crippen MR) is 71.6 cm³/mol. The number of para-hydroxylation sites is 1. The number of amides is 2. The van der Waals surface area contributed by atoms with Gasteiger partial charge in [0.25, 0.3) is 0 Å². The largest absolute Gasteiger partial charge is 0.390 e. The third-order valence-corrected chi connectivity index (χ3v) is 3.19. The Bertz CT molecular complexity index is 451. The maximum absolute atomic E-state index is 12.2. The Morgan fingerprint density at radius 2 is 2.00 bits per heavy atom. The fourth-order valence-corrected chi connectivity index (χ4v) is 2.14. The van der Waals surface area contributed by atoms with Gasteiger partial charge in [0.15, 0.2) is 0 Å². The van der Waals surface area contributed by atoms with Gasteiger partial charge in [-0.2, -0.15) is 0 Å². The monoisotopic (exact) mass is 248 g/mol. The molecule has 1 aromatic rings. The maximum Gasteiger partial charge on any atom is 0.324 e. The van der Waals surface area contributed by atoms with E-state index in [1.54, 1.807) is 30.7 Å². The first kappa shape index (κ1) is 12.9. The van der Waals surface area contributed by atoms with Gasteiger partial charge in [-0.3, -0.25) is 4.90 Å². The summed E-state index contributed by atoms with van der Waals surface area (Å²) in [6, 6.07) is 7.92. The van der Waals surface area contributed by atoms with Gasteiger partial charge < -0.3 is 10.0 Å². The van der Waals surface area contributed by atoms with E-state index < -0.39 is 5.60 Å². The number of anilines is 1. The first-order valence-electron chi connectivity index (χ1n) is 6.21.